The van der Waals surface area contributed by atoms with Crippen LogP contribution >= 0.6 is 11.3 Å². The first kappa shape index (κ1) is 9.36. The molecule has 2 N–H and O–H groups in total. The first-order valence-electron chi connectivity index (χ1n) is 4.48. The van der Waals surface area contributed by atoms with Crippen molar-refractivity contribution in [2.75, 3.05) is 0 Å². The summed E-state index contributed by atoms with van der Waals surface area (Å²) in [7, 11) is 0. The van der Waals surface area contributed by atoms with Crippen LogP contribution in [-0.2, 0) is 6.54 Å². The second-order valence-corrected chi connectivity index (χ2v) is 3.87. The first-order chi connectivity index (χ1) is 6.83. The van der Waals surface area contributed by atoms with Crippen LogP contribution in [0.25, 0.3) is 0 Å². The molecule has 0 aliphatic carbocycles. The van der Waals surface area contributed by atoms with Crippen molar-refractivity contribution in [1.82, 2.24) is 14.5 Å². The number of aryl methyl sites for hydroxylation is 1. The lowest BCUT2D eigenvalue weighted by molar-refractivity contribution is 0.661. The summed E-state index contributed by atoms with van der Waals surface area (Å²) in [5, 5.41) is 0. The van der Waals surface area contributed by atoms with Crippen molar-refractivity contribution >= 4 is 11.3 Å². The zero-order valence-corrected chi connectivity index (χ0v) is 8.74. The summed E-state index contributed by atoms with van der Waals surface area (Å²) in [6.45, 7) is 2.96. The molecule has 0 saturated heterocycles. The molecule has 0 saturated carbocycles. The number of nitrogens with two attached hydrogens (primary N) is 1. The van der Waals surface area contributed by atoms with Crippen molar-refractivity contribution in [2.24, 2.45) is 5.73 Å². The van der Waals surface area contributed by atoms with Crippen LogP contribution in [0.5, 0.6) is 0 Å². The van der Waals surface area contributed by atoms with Gasteiger partial charge in [0.25, 0.3) is 0 Å². The monoisotopic (exact) mass is 208 g/mol. The molecule has 0 spiro atoms. The van der Waals surface area contributed by atoms with Gasteiger partial charge >= 0.3 is 0 Å². The van der Waals surface area contributed by atoms with Gasteiger partial charge in [-0.2, -0.15) is 0 Å². The molecule has 1 unspecified atom stereocenters. The zero-order chi connectivity index (χ0) is 9.97. The molecule has 2 aromatic rings. The van der Waals surface area contributed by atoms with E-state index in [0.29, 0.717) is 0 Å². The fourth-order valence-electron chi connectivity index (χ4n) is 1.37. The maximum absolute atomic E-state index is 6.07. The van der Waals surface area contributed by atoms with Crippen molar-refractivity contribution in [3.63, 3.8) is 0 Å². The molecule has 5 heteroatoms. The molecule has 0 aliphatic rings. The molecule has 0 fully saturated rings. The van der Waals surface area contributed by atoms with Gasteiger partial charge in [0.1, 0.15) is 5.82 Å². The maximum atomic E-state index is 6.07. The lowest BCUT2D eigenvalue weighted by Gasteiger charge is -2.10. The van der Waals surface area contributed by atoms with Crippen LogP contribution in [0.1, 0.15) is 23.7 Å². The second-order valence-electron chi connectivity index (χ2n) is 2.95. The minimum atomic E-state index is -0.155. The molecular formula is C9H12N4S. The maximum Gasteiger partial charge on any atom is 0.131 e. The molecule has 74 valence electrons. The highest BCUT2D eigenvalue weighted by molar-refractivity contribution is 7.09. The number of thiazole rings is 1. The Hall–Kier alpha value is -1.20. The summed E-state index contributed by atoms with van der Waals surface area (Å²) in [5.74, 6) is 0.900. The van der Waals surface area contributed by atoms with E-state index >= 15 is 0 Å². The Morgan fingerprint density at radius 3 is 3.14 bits per heavy atom. The molecule has 2 rings (SSSR count). The van der Waals surface area contributed by atoms with E-state index < -0.39 is 0 Å². The summed E-state index contributed by atoms with van der Waals surface area (Å²) in [5.41, 5.74) is 7.85. The van der Waals surface area contributed by atoms with Gasteiger partial charge in [-0.1, -0.05) is 0 Å². The van der Waals surface area contributed by atoms with Gasteiger partial charge in [-0.15, -0.1) is 11.3 Å². The number of rotatable bonds is 3. The van der Waals surface area contributed by atoms with Gasteiger partial charge in [-0.3, -0.25) is 4.98 Å². The minimum Gasteiger partial charge on any atom is -0.334 e. The zero-order valence-electron chi connectivity index (χ0n) is 7.92. The summed E-state index contributed by atoms with van der Waals surface area (Å²) >= 11 is 1.56. The summed E-state index contributed by atoms with van der Waals surface area (Å²) in [6, 6.07) is -0.155. The van der Waals surface area contributed by atoms with Crippen molar-refractivity contribution in [2.45, 2.75) is 19.5 Å². The predicted octanol–water partition coefficient (Wildman–Crippen LogP) is 1.41. The van der Waals surface area contributed by atoms with Gasteiger partial charge in [0.15, 0.2) is 0 Å². The fourth-order valence-corrected chi connectivity index (χ4v) is 1.99. The van der Waals surface area contributed by atoms with Crippen LogP contribution < -0.4 is 5.73 Å². The Balaban J connectivity index is 2.31. The lowest BCUT2D eigenvalue weighted by atomic mass is 10.2. The number of aromatic nitrogens is 3. The summed E-state index contributed by atoms with van der Waals surface area (Å²) < 4.78 is 2.05. The quantitative estimate of drug-likeness (QED) is 0.829. The molecule has 2 heterocycles. The van der Waals surface area contributed by atoms with Crippen molar-refractivity contribution in [1.29, 1.82) is 0 Å². The third-order valence-electron chi connectivity index (χ3n) is 2.12. The predicted molar refractivity (Wildman–Crippen MR) is 56.0 cm³/mol. The summed E-state index contributed by atoms with van der Waals surface area (Å²) in [6.07, 6.45) is 5.51. The van der Waals surface area contributed by atoms with E-state index in [1.165, 1.54) is 0 Å². The molecule has 0 amide bonds. The van der Waals surface area contributed by atoms with Crippen molar-refractivity contribution in [3.05, 3.63) is 34.8 Å². The van der Waals surface area contributed by atoms with Crippen LogP contribution in [0.2, 0.25) is 0 Å². The number of nitrogens with zero attached hydrogens (tertiary/aromatic N) is 3. The molecular weight excluding hydrogens is 196 g/mol. The minimum absolute atomic E-state index is 0.155. The Labute approximate surface area is 86.4 Å². The van der Waals surface area contributed by atoms with Crippen molar-refractivity contribution < 1.29 is 0 Å². The van der Waals surface area contributed by atoms with Gasteiger partial charge in [0, 0.05) is 30.0 Å². The molecule has 0 aromatic carbocycles. The standard InChI is InChI=1S/C9H12N4S/c1-2-13-4-3-12-9(13)8(10)7-5-11-6-14-7/h3-6,8H,2,10H2,1H3. The van der Waals surface area contributed by atoms with Gasteiger partial charge in [-0.25, -0.2) is 4.98 Å². The third kappa shape index (κ3) is 1.56. The Bertz CT molecular complexity index is 393. The van der Waals surface area contributed by atoms with Gasteiger partial charge < -0.3 is 10.3 Å². The van der Waals surface area contributed by atoms with Crippen molar-refractivity contribution in [3.8, 4) is 0 Å². The number of imidazole rings is 1. The first-order valence-corrected chi connectivity index (χ1v) is 5.36. The Morgan fingerprint density at radius 1 is 1.64 bits per heavy atom. The normalized spacial score (nSPS) is 13.0. The van der Waals surface area contributed by atoms with E-state index in [-0.39, 0.29) is 6.04 Å². The van der Waals surface area contributed by atoms with Crippen LogP contribution in [0.15, 0.2) is 24.1 Å². The average molecular weight is 208 g/mol. The van der Waals surface area contributed by atoms with E-state index in [0.717, 1.165) is 17.2 Å². The highest BCUT2D eigenvalue weighted by Gasteiger charge is 2.14. The van der Waals surface area contributed by atoms with E-state index in [2.05, 4.69) is 16.9 Å². The molecule has 0 radical (unpaired) electrons. The van der Waals surface area contributed by atoms with E-state index in [1.54, 1.807) is 29.2 Å². The molecule has 2 aromatic heterocycles. The van der Waals surface area contributed by atoms with Gasteiger partial charge in [-0.05, 0) is 6.92 Å². The lowest BCUT2D eigenvalue weighted by Crippen LogP contribution is -2.16. The summed E-state index contributed by atoms with van der Waals surface area (Å²) in [4.78, 5) is 9.32. The number of hydrogen-bond acceptors (Lipinski definition) is 4. The van der Waals surface area contributed by atoms with E-state index in [4.69, 9.17) is 5.73 Å². The van der Waals surface area contributed by atoms with Gasteiger partial charge in [0.05, 0.1) is 11.6 Å². The topological polar surface area (TPSA) is 56.7 Å². The highest BCUT2D eigenvalue weighted by Crippen LogP contribution is 2.20. The molecule has 0 aliphatic heterocycles. The SMILES string of the molecule is CCn1ccnc1C(N)c1cncs1. The molecule has 14 heavy (non-hydrogen) atoms. The average Bonchev–Trinajstić information content (AvgIpc) is 2.87. The second kappa shape index (κ2) is 3.89. The fraction of sp³-hybridized carbons (Fsp3) is 0.333. The molecule has 4 nitrogen and oxygen atoms in total. The van der Waals surface area contributed by atoms with E-state index in [9.17, 15) is 0 Å². The Morgan fingerprint density at radius 2 is 2.50 bits per heavy atom. The molecule has 0 bridgehead atoms. The smallest absolute Gasteiger partial charge is 0.131 e. The number of hydrogen-bond donors (Lipinski definition) is 1. The highest BCUT2D eigenvalue weighted by atomic mass is 32.1. The van der Waals surface area contributed by atoms with E-state index in [1.807, 2.05) is 10.8 Å². The van der Waals surface area contributed by atoms with Gasteiger partial charge in [0.2, 0.25) is 0 Å². The van der Waals surface area contributed by atoms with Crippen LogP contribution in [0, 0.1) is 0 Å². The largest absolute Gasteiger partial charge is 0.334 e. The van der Waals surface area contributed by atoms with Crippen LogP contribution in [-0.4, -0.2) is 14.5 Å². The van der Waals surface area contributed by atoms with Crippen LogP contribution in [0.3, 0.4) is 0 Å². The molecule has 1 atom stereocenters. The Kier molecular flexibility index (Phi) is 2.60. The third-order valence-corrected chi connectivity index (χ3v) is 2.98. The van der Waals surface area contributed by atoms with Crippen LogP contribution in [0.4, 0.5) is 0 Å².